The number of ether oxygens (including phenoxy) is 2. The molecule has 0 aromatic carbocycles. The van der Waals surface area contributed by atoms with Crippen LogP contribution in [0.4, 0.5) is 10.6 Å². The minimum absolute atomic E-state index is 0.188. The average Bonchev–Trinajstić information content (AvgIpc) is 2.46. The lowest BCUT2D eigenvalue weighted by atomic mass is 10.1. The van der Waals surface area contributed by atoms with Gasteiger partial charge in [-0.1, -0.05) is 11.6 Å². The third kappa shape index (κ3) is 4.86. The molecule has 0 aliphatic carbocycles. The molecule has 8 heteroatoms. The molecular weight excluding hydrogens is 320 g/mol. The van der Waals surface area contributed by atoms with Crippen LogP contribution in [0.1, 0.15) is 33.6 Å². The summed E-state index contributed by atoms with van der Waals surface area (Å²) in [5.74, 6) is 1.01. The van der Waals surface area contributed by atoms with Gasteiger partial charge in [0.05, 0.1) is 7.11 Å². The molecule has 1 saturated heterocycles. The number of hydrogen-bond acceptors (Lipinski definition) is 6. The summed E-state index contributed by atoms with van der Waals surface area (Å²) in [7, 11) is 1.53. The maximum Gasteiger partial charge on any atom is 0.410 e. The average molecular weight is 343 g/mol. The number of hydrogen-bond donors (Lipinski definition) is 1. The lowest BCUT2D eigenvalue weighted by Gasteiger charge is -2.34. The predicted octanol–water partition coefficient (Wildman–Crippen LogP) is 2.95. The van der Waals surface area contributed by atoms with E-state index in [4.69, 9.17) is 21.1 Å². The lowest BCUT2D eigenvalue weighted by Crippen LogP contribution is -2.44. The molecule has 128 valence electrons. The molecule has 0 radical (unpaired) electrons. The van der Waals surface area contributed by atoms with Gasteiger partial charge in [0.25, 0.3) is 0 Å². The van der Waals surface area contributed by atoms with Crippen LogP contribution in [0.15, 0.2) is 6.33 Å². The number of nitrogens with one attached hydrogen (secondary N) is 1. The van der Waals surface area contributed by atoms with Gasteiger partial charge in [-0.3, -0.25) is 0 Å². The Morgan fingerprint density at radius 2 is 2.00 bits per heavy atom. The Hall–Kier alpha value is -1.76. The number of anilines is 1. The zero-order valence-electron chi connectivity index (χ0n) is 13.9. The third-order valence-electron chi connectivity index (χ3n) is 3.45. The van der Waals surface area contributed by atoms with Crippen LogP contribution >= 0.6 is 11.6 Å². The highest BCUT2D eigenvalue weighted by atomic mass is 35.5. The number of methoxy groups -OCH3 is 1. The second kappa shape index (κ2) is 7.21. The summed E-state index contributed by atoms with van der Waals surface area (Å²) in [4.78, 5) is 21.8. The monoisotopic (exact) mass is 342 g/mol. The van der Waals surface area contributed by atoms with Crippen LogP contribution in [0.2, 0.25) is 5.15 Å². The first-order chi connectivity index (χ1) is 10.8. The fourth-order valence-corrected chi connectivity index (χ4v) is 2.57. The summed E-state index contributed by atoms with van der Waals surface area (Å²) in [6.45, 7) is 6.86. The van der Waals surface area contributed by atoms with E-state index in [0.717, 1.165) is 12.8 Å². The molecule has 1 aromatic heterocycles. The molecule has 2 rings (SSSR count). The fourth-order valence-electron chi connectivity index (χ4n) is 2.36. The highest BCUT2D eigenvalue weighted by Crippen LogP contribution is 2.30. The van der Waals surface area contributed by atoms with Gasteiger partial charge in [-0.2, -0.15) is 0 Å². The Labute approximate surface area is 141 Å². The maximum absolute atomic E-state index is 12.0. The highest BCUT2D eigenvalue weighted by molar-refractivity contribution is 6.31. The number of piperidine rings is 1. The number of aromatic nitrogens is 2. The molecule has 0 saturated carbocycles. The highest BCUT2D eigenvalue weighted by Gasteiger charge is 2.27. The van der Waals surface area contributed by atoms with Crippen LogP contribution in [-0.4, -0.2) is 52.8 Å². The molecule has 0 bridgehead atoms. The summed E-state index contributed by atoms with van der Waals surface area (Å²) >= 11 is 5.99. The predicted molar refractivity (Wildman–Crippen MR) is 88.0 cm³/mol. The third-order valence-corrected chi connectivity index (χ3v) is 3.72. The summed E-state index contributed by atoms with van der Waals surface area (Å²) in [5, 5.41) is 3.58. The second-order valence-electron chi connectivity index (χ2n) is 6.43. The molecule has 1 N–H and O–H groups in total. The van der Waals surface area contributed by atoms with Crippen molar-refractivity contribution in [2.75, 3.05) is 25.5 Å². The van der Waals surface area contributed by atoms with E-state index in [0.29, 0.717) is 24.7 Å². The molecular formula is C15H23ClN4O3. The van der Waals surface area contributed by atoms with Crippen molar-refractivity contribution in [1.29, 1.82) is 0 Å². The Bertz CT molecular complexity index is 554. The summed E-state index contributed by atoms with van der Waals surface area (Å²) in [6, 6.07) is 0.188. The van der Waals surface area contributed by atoms with Crippen LogP contribution < -0.4 is 10.1 Å². The number of carbonyl (C=O) groups is 1. The molecule has 1 aliphatic heterocycles. The Morgan fingerprint density at radius 1 is 1.35 bits per heavy atom. The van der Waals surface area contributed by atoms with Crippen molar-refractivity contribution in [3.05, 3.63) is 11.5 Å². The van der Waals surface area contributed by atoms with E-state index in [9.17, 15) is 4.79 Å². The zero-order chi connectivity index (χ0) is 17.0. The van der Waals surface area contributed by atoms with E-state index < -0.39 is 5.60 Å². The molecule has 1 amide bonds. The van der Waals surface area contributed by atoms with Gasteiger partial charge in [-0.15, -0.1) is 0 Å². The number of likely N-dealkylation sites (tertiary alicyclic amines) is 1. The van der Waals surface area contributed by atoms with Crippen molar-refractivity contribution in [2.45, 2.75) is 45.3 Å². The van der Waals surface area contributed by atoms with Crippen molar-refractivity contribution in [2.24, 2.45) is 0 Å². The first-order valence-corrected chi connectivity index (χ1v) is 7.97. The minimum atomic E-state index is -0.475. The van der Waals surface area contributed by atoms with E-state index in [1.165, 1.54) is 13.4 Å². The lowest BCUT2D eigenvalue weighted by molar-refractivity contribution is 0.0210. The number of halogens is 1. The van der Waals surface area contributed by atoms with Crippen LogP contribution in [0.3, 0.4) is 0 Å². The van der Waals surface area contributed by atoms with E-state index in [-0.39, 0.29) is 17.3 Å². The van der Waals surface area contributed by atoms with E-state index in [1.54, 1.807) is 4.90 Å². The van der Waals surface area contributed by atoms with Crippen molar-refractivity contribution in [1.82, 2.24) is 14.9 Å². The van der Waals surface area contributed by atoms with Gasteiger partial charge in [0, 0.05) is 19.1 Å². The van der Waals surface area contributed by atoms with Crippen LogP contribution in [0.25, 0.3) is 0 Å². The van der Waals surface area contributed by atoms with Gasteiger partial charge in [-0.25, -0.2) is 14.8 Å². The maximum atomic E-state index is 12.0. The van der Waals surface area contributed by atoms with Crippen molar-refractivity contribution in [3.8, 4) is 5.75 Å². The van der Waals surface area contributed by atoms with Gasteiger partial charge in [-0.05, 0) is 33.6 Å². The normalized spacial score (nSPS) is 16.1. The first kappa shape index (κ1) is 17.6. The van der Waals surface area contributed by atoms with E-state index >= 15 is 0 Å². The fraction of sp³-hybridized carbons (Fsp3) is 0.667. The number of amides is 1. The molecule has 1 aromatic rings. The van der Waals surface area contributed by atoms with Gasteiger partial charge in [0.2, 0.25) is 0 Å². The van der Waals surface area contributed by atoms with Gasteiger partial charge >= 0.3 is 6.09 Å². The zero-order valence-corrected chi connectivity index (χ0v) is 14.7. The van der Waals surface area contributed by atoms with Gasteiger partial charge in [0.1, 0.15) is 11.9 Å². The molecule has 0 spiro atoms. The van der Waals surface area contributed by atoms with Gasteiger partial charge in [0.15, 0.2) is 16.7 Å². The molecule has 0 atom stereocenters. The molecule has 7 nitrogen and oxygen atoms in total. The largest absolute Gasteiger partial charge is 0.490 e. The van der Waals surface area contributed by atoms with Crippen molar-refractivity contribution < 1.29 is 14.3 Å². The number of carbonyl (C=O) groups excluding carboxylic acids is 1. The second-order valence-corrected chi connectivity index (χ2v) is 6.79. The smallest absolute Gasteiger partial charge is 0.410 e. The summed E-state index contributed by atoms with van der Waals surface area (Å²) in [6.07, 6.45) is 2.72. The van der Waals surface area contributed by atoms with Crippen LogP contribution in [0, 0.1) is 0 Å². The molecule has 0 unspecified atom stereocenters. The first-order valence-electron chi connectivity index (χ1n) is 7.59. The standard InChI is InChI=1S/C15H23ClN4O3/c1-15(2,3)23-14(21)20-7-5-10(6-8-20)19-13-11(22-4)12(16)17-9-18-13/h9-10H,5-8H2,1-4H3,(H,17,18,19). The Kier molecular flexibility index (Phi) is 5.51. The molecule has 1 aliphatic rings. The Morgan fingerprint density at radius 3 is 2.57 bits per heavy atom. The summed E-state index contributed by atoms with van der Waals surface area (Å²) < 4.78 is 10.6. The molecule has 23 heavy (non-hydrogen) atoms. The summed E-state index contributed by atoms with van der Waals surface area (Å²) in [5.41, 5.74) is -0.475. The Balaban J connectivity index is 1.90. The quantitative estimate of drug-likeness (QED) is 0.851. The number of nitrogens with zero attached hydrogens (tertiary/aromatic N) is 3. The number of rotatable bonds is 3. The van der Waals surface area contributed by atoms with Crippen molar-refractivity contribution in [3.63, 3.8) is 0 Å². The van der Waals surface area contributed by atoms with Gasteiger partial charge < -0.3 is 19.7 Å². The minimum Gasteiger partial charge on any atom is -0.490 e. The van der Waals surface area contributed by atoms with E-state index in [1.807, 2.05) is 20.8 Å². The molecule has 2 heterocycles. The molecule has 1 fully saturated rings. The van der Waals surface area contributed by atoms with Crippen LogP contribution in [-0.2, 0) is 4.74 Å². The van der Waals surface area contributed by atoms with Crippen molar-refractivity contribution >= 4 is 23.5 Å². The topological polar surface area (TPSA) is 76.6 Å². The van der Waals surface area contributed by atoms with Crippen LogP contribution in [0.5, 0.6) is 5.75 Å². The van der Waals surface area contributed by atoms with E-state index in [2.05, 4.69) is 15.3 Å². The SMILES string of the molecule is COc1c(Cl)ncnc1NC1CCN(C(=O)OC(C)(C)C)CC1.